The summed E-state index contributed by atoms with van der Waals surface area (Å²) in [5, 5.41) is 8.85. The van der Waals surface area contributed by atoms with E-state index in [1.165, 1.54) is 0 Å². The van der Waals surface area contributed by atoms with E-state index in [1.54, 1.807) is 12.2 Å². The summed E-state index contributed by atoms with van der Waals surface area (Å²) < 4.78 is 21.6. The molecule has 46 heavy (non-hydrogen) atoms. The average molecular weight is 627 g/mol. The Kier molecular flexibility index (Phi) is 15.0. The molecule has 8 heteroatoms. The van der Waals surface area contributed by atoms with Gasteiger partial charge < -0.3 is 24.1 Å². The maximum Gasteiger partial charge on any atom is 0.335 e. The Hall–Kier alpha value is -4.95. The molecule has 0 aliphatic rings. The van der Waals surface area contributed by atoms with Crippen molar-refractivity contribution in [2.24, 2.45) is 0 Å². The number of hydrogen-bond acceptors (Lipinski definition) is 8. The van der Waals surface area contributed by atoms with Crippen LogP contribution in [0.15, 0.2) is 97.6 Å². The van der Waals surface area contributed by atoms with Crippen molar-refractivity contribution in [3.8, 4) is 22.6 Å². The molecule has 8 nitrogen and oxygen atoms in total. The first kappa shape index (κ1) is 35.5. The van der Waals surface area contributed by atoms with Gasteiger partial charge in [-0.1, -0.05) is 68.6 Å². The number of ketones is 1. The molecule has 0 aliphatic carbocycles. The second-order valence-electron chi connectivity index (χ2n) is 10.4. The van der Waals surface area contributed by atoms with Gasteiger partial charge in [-0.05, 0) is 84.7 Å². The fraction of sp³-hybridized carbons (Fsp3) is 0.289. The largest absolute Gasteiger partial charge is 0.494 e. The summed E-state index contributed by atoms with van der Waals surface area (Å²) in [4.78, 5) is 35.4. The molecule has 3 aromatic rings. The summed E-state index contributed by atoms with van der Waals surface area (Å²) in [5.41, 5.74) is 4.59. The third kappa shape index (κ3) is 11.9. The second kappa shape index (κ2) is 19.4. The van der Waals surface area contributed by atoms with Crippen LogP contribution in [-0.4, -0.2) is 55.9 Å². The molecule has 0 fully saturated rings. The Bertz CT molecular complexity index is 1490. The van der Waals surface area contributed by atoms with Crippen LogP contribution in [0.2, 0.25) is 0 Å². The van der Waals surface area contributed by atoms with Gasteiger partial charge in [-0.15, -0.1) is 0 Å². The zero-order valence-electron chi connectivity index (χ0n) is 26.4. The summed E-state index contributed by atoms with van der Waals surface area (Å²) in [5.74, 6) is 0.388. The number of carbonyl (C=O) groups is 3. The lowest BCUT2D eigenvalue weighted by Gasteiger charge is -2.12. The molecule has 3 aromatic carbocycles. The molecule has 0 aromatic heterocycles. The van der Waals surface area contributed by atoms with Crippen LogP contribution in [0.1, 0.15) is 54.1 Å². The zero-order valence-corrected chi connectivity index (χ0v) is 26.4. The number of ether oxygens (including phenoxy) is 4. The van der Waals surface area contributed by atoms with E-state index < -0.39 is 18.5 Å². The van der Waals surface area contributed by atoms with Crippen LogP contribution in [0.3, 0.4) is 0 Å². The number of allylic oxidation sites excluding steroid dienone is 1. The number of aliphatic hydroxyl groups excluding tert-OH is 1. The van der Waals surface area contributed by atoms with E-state index in [2.05, 4.69) is 19.2 Å². The summed E-state index contributed by atoms with van der Waals surface area (Å²) in [6.45, 7) is 9.76. The molecule has 3 rings (SSSR count). The molecule has 0 aliphatic heterocycles. The number of benzene rings is 3. The maximum absolute atomic E-state index is 12.8. The predicted molar refractivity (Wildman–Crippen MR) is 179 cm³/mol. The van der Waals surface area contributed by atoms with Gasteiger partial charge >= 0.3 is 11.9 Å². The highest BCUT2D eigenvalue weighted by Gasteiger charge is 2.09. The standard InChI is InChI=1S/C38H42O8/c1-4-30-26-33(17-21-36(30)44-24-25-45-37(41)5-2)31-13-15-32(16-14-31)35(40)20-12-29-10-18-34(19-11-29)43-22-8-6-7-9-23-46-38(42)28(3)27-39/h5,10-21,26,39H,2-4,6-9,22-25,27H2,1H3/b20-12+. The molecule has 0 spiro atoms. The van der Waals surface area contributed by atoms with Gasteiger partial charge in [0.2, 0.25) is 0 Å². The zero-order chi connectivity index (χ0) is 33.1. The van der Waals surface area contributed by atoms with Crippen LogP contribution < -0.4 is 9.47 Å². The minimum absolute atomic E-state index is 0.0636. The highest BCUT2D eigenvalue weighted by molar-refractivity contribution is 6.07. The van der Waals surface area contributed by atoms with E-state index in [4.69, 9.17) is 24.1 Å². The Labute approximate surface area is 271 Å². The van der Waals surface area contributed by atoms with Gasteiger partial charge in [-0.3, -0.25) is 4.79 Å². The van der Waals surface area contributed by atoms with Crippen molar-refractivity contribution >= 4 is 23.8 Å². The van der Waals surface area contributed by atoms with Crippen molar-refractivity contribution < 1.29 is 38.4 Å². The van der Waals surface area contributed by atoms with Gasteiger partial charge in [0.05, 0.1) is 25.4 Å². The monoisotopic (exact) mass is 626 g/mol. The smallest absolute Gasteiger partial charge is 0.335 e. The van der Waals surface area contributed by atoms with E-state index >= 15 is 0 Å². The summed E-state index contributed by atoms with van der Waals surface area (Å²) in [6, 6.07) is 21.0. The minimum atomic E-state index is -0.552. The van der Waals surface area contributed by atoms with Crippen molar-refractivity contribution in [3.05, 3.63) is 114 Å². The molecule has 0 saturated carbocycles. The van der Waals surface area contributed by atoms with Crippen LogP contribution in [-0.2, 0) is 25.5 Å². The van der Waals surface area contributed by atoms with E-state index in [1.807, 2.05) is 67.6 Å². The molecule has 0 bridgehead atoms. The second-order valence-corrected chi connectivity index (χ2v) is 10.4. The van der Waals surface area contributed by atoms with Crippen molar-refractivity contribution in [1.29, 1.82) is 0 Å². The number of carbonyl (C=O) groups excluding carboxylic acids is 3. The topological polar surface area (TPSA) is 108 Å². The Morgan fingerprint density at radius 1 is 0.783 bits per heavy atom. The maximum atomic E-state index is 12.8. The minimum Gasteiger partial charge on any atom is -0.494 e. The lowest BCUT2D eigenvalue weighted by molar-refractivity contribution is -0.140. The molecule has 0 amide bonds. The van der Waals surface area contributed by atoms with Gasteiger partial charge in [-0.25, -0.2) is 9.59 Å². The number of unbranched alkanes of at least 4 members (excludes halogenated alkanes) is 3. The highest BCUT2D eigenvalue weighted by atomic mass is 16.6. The Morgan fingerprint density at radius 2 is 1.48 bits per heavy atom. The fourth-order valence-corrected chi connectivity index (χ4v) is 4.38. The Morgan fingerprint density at radius 3 is 2.15 bits per heavy atom. The molecular weight excluding hydrogens is 584 g/mol. The normalized spacial score (nSPS) is 10.7. The Balaban J connectivity index is 1.42. The molecule has 242 valence electrons. The molecule has 0 saturated heterocycles. The van der Waals surface area contributed by atoms with Crippen LogP contribution >= 0.6 is 0 Å². The third-order valence-corrected chi connectivity index (χ3v) is 7.02. The first-order valence-corrected chi connectivity index (χ1v) is 15.4. The van der Waals surface area contributed by atoms with Crippen molar-refractivity contribution in [3.63, 3.8) is 0 Å². The van der Waals surface area contributed by atoms with Crippen LogP contribution in [0.4, 0.5) is 0 Å². The van der Waals surface area contributed by atoms with Crippen LogP contribution in [0, 0.1) is 0 Å². The number of aliphatic hydroxyl groups is 1. The van der Waals surface area contributed by atoms with Gasteiger partial charge in [-0.2, -0.15) is 0 Å². The summed E-state index contributed by atoms with van der Waals surface area (Å²) in [6.07, 6.45) is 8.72. The summed E-state index contributed by atoms with van der Waals surface area (Å²) >= 11 is 0. The fourth-order valence-electron chi connectivity index (χ4n) is 4.38. The SMILES string of the molecule is C=CC(=O)OCCOc1ccc(-c2ccc(C(=O)/C=C/c3ccc(OCCCCCCOC(=O)C(=C)CO)cc3)cc2)cc1CC. The lowest BCUT2D eigenvalue weighted by atomic mass is 9.99. The van der Waals surface area contributed by atoms with E-state index in [-0.39, 0.29) is 24.6 Å². The lowest BCUT2D eigenvalue weighted by Crippen LogP contribution is -2.10. The highest BCUT2D eigenvalue weighted by Crippen LogP contribution is 2.28. The molecule has 0 heterocycles. The van der Waals surface area contributed by atoms with Gasteiger partial charge in [0.25, 0.3) is 0 Å². The van der Waals surface area contributed by atoms with E-state index in [9.17, 15) is 14.4 Å². The van der Waals surface area contributed by atoms with E-state index in [0.29, 0.717) is 18.8 Å². The molecule has 0 unspecified atom stereocenters. The van der Waals surface area contributed by atoms with Crippen molar-refractivity contribution in [2.45, 2.75) is 39.0 Å². The number of aryl methyl sites for hydroxylation is 1. The van der Waals surface area contributed by atoms with Crippen molar-refractivity contribution in [1.82, 2.24) is 0 Å². The first-order chi connectivity index (χ1) is 22.3. The predicted octanol–water partition coefficient (Wildman–Crippen LogP) is 6.95. The molecule has 0 atom stereocenters. The molecule has 1 N–H and O–H groups in total. The van der Waals surface area contributed by atoms with Crippen molar-refractivity contribution in [2.75, 3.05) is 33.0 Å². The quantitative estimate of drug-likeness (QED) is 0.0621. The number of hydrogen-bond donors (Lipinski definition) is 1. The van der Waals surface area contributed by atoms with Gasteiger partial charge in [0, 0.05) is 11.6 Å². The molecule has 0 radical (unpaired) electrons. The van der Waals surface area contributed by atoms with Crippen LogP contribution in [0.25, 0.3) is 17.2 Å². The van der Waals surface area contributed by atoms with Crippen LogP contribution in [0.5, 0.6) is 11.5 Å². The molecular formula is C38H42O8. The number of esters is 2. The average Bonchev–Trinajstić information content (AvgIpc) is 3.10. The third-order valence-electron chi connectivity index (χ3n) is 7.02. The van der Waals surface area contributed by atoms with Gasteiger partial charge in [0.15, 0.2) is 5.78 Å². The first-order valence-electron chi connectivity index (χ1n) is 15.4. The van der Waals surface area contributed by atoms with E-state index in [0.717, 1.165) is 71.9 Å². The summed E-state index contributed by atoms with van der Waals surface area (Å²) in [7, 11) is 0. The van der Waals surface area contributed by atoms with Gasteiger partial charge in [0.1, 0.15) is 24.7 Å². The number of rotatable bonds is 20.